The van der Waals surface area contributed by atoms with Crippen molar-refractivity contribution in [1.29, 1.82) is 0 Å². The first kappa shape index (κ1) is 19.5. The largest absolute Gasteiger partial charge is 0.359 e. The molecule has 1 aromatic carbocycles. The van der Waals surface area contributed by atoms with Crippen LogP contribution in [0.2, 0.25) is 0 Å². The second kappa shape index (κ2) is 11.1. The summed E-state index contributed by atoms with van der Waals surface area (Å²) < 4.78 is 13.9. The van der Waals surface area contributed by atoms with Gasteiger partial charge in [-0.3, -0.25) is 0 Å². The molecule has 2 aromatic rings. The quantitative estimate of drug-likeness (QED) is 0.413. The number of rotatable bonds is 4. The van der Waals surface area contributed by atoms with E-state index >= 15 is 0 Å². The highest BCUT2D eigenvalue weighted by Gasteiger charge is 2.09. The summed E-state index contributed by atoms with van der Waals surface area (Å²) in [6.45, 7) is 2.09. The van der Waals surface area contributed by atoms with E-state index in [-0.39, 0.29) is 6.54 Å². The van der Waals surface area contributed by atoms with E-state index in [1.54, 1.807) is 18.3 Å². The topological polar surface area (TPSA) is 37.0 Å². The van der Waals surface area contributed by atoms with Gasteiger partial charge in [0.2, 0.25) is 0 Å². The maximum Gasteiger partial charge on any atom is 0.172 e. The summed E-state index contributed by atoms with van der Waals surface area (Å²) in [4.78, 5) is 4.17. The third-order valence-electron chi connectivity index (χ3n) is 2.76. The lowest BCUT2D eigenvalue weighted by molar-refractivity contribution is 0.343. The number of nitrogens with one attached hydrogen (secondary N) is 2. The van der Waals surface area contributed by atoms with Gasteiger partial charge in [-0.15, -0.1) is 0 Å². The first-order valence-corrected chi connectivity index (χ1v) is 13.2. The summed E-state index contributed by atoms with van der Waals surface area (Å²) in [5.74, 6) is 0.642. The van der Waals surface area contributed by atoms with Crippen LogP contribution in [-0.2, 0) is 0 Å². The summed E-state index contributed by atoms with van der Waals surface area (Å²) in [7, 11) is 0. The van der Waals surface area contributed by atoms with Crippen molar-refractivity contribution in [2.24, 2.45) is 0 Å². The van der Waals surface area contributed by atoms with E-state index in [4.69, 9.17) is 12.2 Å². The monoisotopic (exact) mass is 543 g/mol. The molecule has 0 radical (unpaired) electrons. The minimum atomic E-state index is -1.10. The molecular weight excluding hydrogens is 527 g/mol. The van der Waals surface area contributed by atoms with Crippen molar-refractivity contribution < 1.29 is 4.39 Å². The molecule has 22 heavy (non-hydrogen) atoms. The molecule has 0 bridgehead atoms. The van der Waals surface area contributed by atoms with Crippen LogP contribution in [0.15, 0.2) is 48.7 Å². The van der Waals surface area contributed by atoms with Gasteiger partial charge in [-0.1, -0.05) is 36.4 Å². The third-order valence-corrected chi connectivity index (χ3v) is 3.00. The van der Waals surface area contributed by atoms with Gasteiger partial charge in [-0.2, -0.15) is 0 Å². The number of hydrogen-bond acceptors (Lipinski definition) is 2. The van der Waals surface area contributed by atoms with Gasteiger partial charge in [0, 0.05) is 43.4 Å². The molecule has 3 nitrogen and oxygen atoms in total. The number of thiocarbonyl (C=S) groups is 1. The van der Waals surface area contributed by atoms with Crippen LogP contribution in [0.1, 0.15) is 17.3 Å². The second-order valence-electron chi connectivity index (χ2n) is 4.43. The molecule has 0 amide bonds. The maximum atomic E-state index is 13.9. The first-order valence-electron chi connectivity index (χ1n) is 6.46. The minimum Gasteiger partial charge on any atom is -0.359 e. The fourth-order valence-electron chi connectivity index (χ4n) is 1.66. The van der Waals surface area contributed by atoms with Crippen molar-refractivity contribution in [2.45, 2.75) is 13.1 Å². The average Bonchev–Trinajstić information content (AvgIpc) is 2.57. The lowest BCUT2D eigenvalue weighted by Gasteiger charge is -2.13. The number of aryl methyl sites for hydroxylation is 1. The molecule has 1 heterocycles. The van der Waals surface area contributed by atoms with Crippen molar-refractivity contribution in [3.8, 4) is 0 Å². The SMILES string of the molecule is Cc1ccc(NC(=S)NCC(F)c2ccccc2)nc1.II. The molecule has 118 valence electrons. The molecule has 2 N–H and O–H groups in total. The van der Waals surface area contributed by atoms with Crippen LogP contribution < -0.4 is 10.6 Å². The van der Waals surface area contributed by atoms with Gasteiger partial charge in [0.15, 0.2) is 5.11 Å². The first-order chi connectivity index (χ1) is 10.6. The van der Waals surface area contributed by atoms with Gasteiger partial charge in [-0.25, -0.2) is 9.37 Å². The van der Waals surface area contributed by atoms with Gasteiger partial charge in [0.05, 0.1) is 6.54 Å². The van der Waals surface area contributed by atoms with Crippen LogP contribution in [0.25, 0.3) is 0 Å². The van der Waals surface area contributed by atoms with Crippen molar-refractivity contribution in [2.75, 3.05) is 11.9 Å². The van der Waals surface area contributed by atoms with Gasteiger partial charge >= 0.3 is 0 Å². The Kier molecular flexibility index (Phi) is 9.80. The molecule has 0 saturated heterocycles. The number of halogens is 3. The van der Waals surface area contributed by atoms with Gasteiger partial charge in [0.25, 0.3) is 0 Å². The lowest BCUT2D eigenvalue weighted by atomic mass is 10.1. The van der Waals surface area contributed by atoms with Crippen molar-refractivity contribution in [1.82, 2.24) is 10.3 Å². The Bertz CT molecular complexity index is 567. The van der Waals surface area contributed by atoms with E-state index in [0.717, 1.165) is 5.56 Å². The molecule has 0 spiro atoms. The van der Waals surface area contributed by atoms with E-state index in [0.29, 0.717) is 16.5 Å². The minimum absolute atomic E-state index is 0.127. The van der Waals surface area contributed by atoms with E-state index < -0.39 is 6.17 Å². The summed E-state index contributed by atoms with van der Waals surface area (Å²) in [6.07, 6.45) is 0.647. The fraction of sp³-hybridized carbons (Fsp3) is 0.200. The molecule has 2 rings (SSSR count). The Hall–Kier alpha value is -0.550. The molecule has 1 unspecified atom stereocenters. The molecule has 0 saturated carbocycles. The predicted molar refractivity (Wildman–Crippen MR) is 112 cm³/mol. The zero-order valence-electron chi connectivity index (χ0n) is 11.9. The Labute approximate surface area is 158 Å². The van der Waals surface area contributed by atoms with Crippen LogP contribution in [0, 0.1) is 6.92 Å². The third kappa shape index (κ3) is 7.14. The van der Waals surface area contributed by atoms with Crippen molar-refractivity contribution in [3.05, 3.63) is 59.8 Å². The molecule has 7 heteroatoms. The van der Waals surface area contributed by atoms with Crippen molar-refractivity contribution in [3.63, 3.8) is 0 Å². The van der Waals surface area contributed by atoms with E-state index in [2.05, 4.69) is 52.8 Å². The summed E-state index contributed by atoms with van der Waals surface area (Å²) >= 11 is 9.35. The molecule has 0 fully saturated rings. The molecule has 0 aliphatic carbocycles. The Balaban J connectivity index is 0.00000116. The lowest BCUT2D eigenvalue weighted by Crippen LogP contribution is -2.31. The van der Waals surface area contributed by atoms with Crippen LogP contribution in [0.5, 0.6) is 0 Å². The number of nitrogens with zero attached hydrogens (tertiary/aromatic N) is 1. The number of hydrogen-bond donors (Lipinski definition) is 2. The van der Waals surface area contributed by atoms with Crippen LogP contribution in [0.4, 0.5) is 10.2 Å². The van der Waals surface area contributed by atoms with Gasteiger partial charge in [-0.05, 0) is 36.3 Å². The van der Waals surface area contributed by atoms with Crippen molar-refractivity contribution >= 4 is 60.4 Å². The maximum absolute atomic E-state index is 13.9. The summed E-state index contributed by atoms with van der Waals surface area (Å²) in [5.41, 5.74) is 1.71. The smallest absolute Gasteiger partial charge is 0.172 e. The highest BCUT2D eigenvalue weighted by Crippen LogP contribution is 2.15. The summed E-state index contributed by atoms with van der Waals surface area (Å²) in [6, 6.07) is 12.8. The predicted octanol–water partition coefficient (Wildman–Crippen LogP) is 5.16. The number of pyridine rings is 1. The molecular formula is C15H16FI2N3S. The zero-order valence-corrected chi connectivity index (χ0v) is 17.0. The number of alkyl halides is 1. The summed E-state index contributed by atoms with van der Waals surface area (Å²) in [5, 5.41) is 6.13. The second-order valence-corrected chi connectivity index (χ2v) is 4.84. The van der Waals surface area contributed by atoms with Crippen LogP contribution in [-0.4, -0.2) is 16.6 Å². The van der Waals surface area contributed by atoms with Crippen LogP contribution >= 0.6 is 49.4 Å². The number of benzene rings is 1. The molecule has 1 aromatic heterocycles. The highest BCUT2D eigenvalue weighted by atomic mass is 128. The Morgan fingerprint density at radius 3 is 2.50 bits per heavy atom. The Morgan fingerprint density at radius 1 is 1.23 bits per heavy atom. The number of aromatic nitrogens is 1. The average molecular weight is 543 g/mol. The van der Waals surface area contributed by atoms with Gasteiger partial charge < -0.3 is 10.6 Å². The number of anilines is 1. The van der Waals surface area contributed by atoms with E-state index in [1.165, 1.54) is 0 Å². The molecule has 1 atom stereocenters. The fourth-order valence-corrected chi connectivity index (χ4v) is 1.85. The van der Waals surface area contributed by atoms with Gasteiger partial charge in [0.1, 0.15) is 12.0 Å². The molecule has 0 aliphatic rings. The normalized spacial score (nSPS) is 10.9. The zero-order chi connectivity index (χ0) is 16.4. The standard InChI is InChI=1S/C15H16FN3S.I2/c1-11-7-8-14(17-9-11)19-15(20)18-10-13(16)12-5-3-2-4-6-12;1-2/h2-9,13H,10H2,1H3,(H2,17,18,19,20);. The van der Waals surface area contributed by atoms with Crippen LogP contribution in [0.3, 0.4) is 0 Å². The van der Waals surface area contributed by atoms with E-state index in [1.807, 2.05) is 37.3 Å². The highest BCUT2D eigenvalue weighted by molar-refractivity contribution is 15.0. The molecule has 0 aliphatic heterocycles. The Morgan fingerprint density at radius 2 is 1.91 bits per heavy atom. The van der Waals surface area contributed by atoms with E-state index in [9.17, 15) is 4.39 Å².